The monoisotopic (exact) mass is 123 g/mol. The lowest BCUT2D eigenvalue weighted by molar-refractivity contribution is 0.225. The van der Waals surface area contributed by atoms with Gasteiger partial charge in [0.2, 0.25) is 0 Å². The molecule has 0 aromatic carbocycles. The number of hydrogen-bond acceptors (Lipinski definition) is 3. The van der Waals surface area contributed by atoms with Gasteiger partial charge in [0.05, 0.1) is 19.4 Å². The van der Waals surface area contributed by atoms with Crippen molar-refractivity contribution >= 4 is 0 Å². The summed E-state index contributed by atoms with van der Waals surface area (Å²) >= 11 is 0. The van der Waals surface area contributed by atoms with Crippen LogP contribution in [0.4, 0.5) is 0 Å². The van der Waals surface area contributed by atoms with Gasteiger partial charge in [-0.15, -0.1) is 0 Å². The van der Waals surface area contributed by atoms with E-state index in [-0.39, 0.29) is 0 Å². The third-order valence-corrected chi connectivity index (χ3v) is 0.893. The Kier molecular flexibility index (Phi) is 2.15. The van der Waals surface area contributed by atoms with Crippen LogP contribution in [0.15, 0.2) is 18.6 Å². The second-order valence-electron chi connectivity index (χ2n) is 1.55. The van der Waals surface area contributed by atoms with Crippen LogP contribution in [0.25, 0.3) is 0 Å². The van der Waals surface area contributed by atoms with Gasteiger partial charge in [0, 0.05) is 6.20 Å². The Morgan fingerprint density at radius 3 is 3.11 bits per heavy atom. The molecule has 1 aromatic rings. The normalized spacial score (nSPS) is 9.44. The first-order chi connectivity index (χ1) is 4.43. The predicted molar refractivity (Wildman–Crippen MR) is 32.2 cm³/mol. The summed E-state index contributed by atoms with van der Waals surface area (Å²) < 4.78 is 4.59. The SMILES string of the molecule is [CH2]OCc1ccncn1. The lowest BCUT2D eigenvalue weighted by Gasteiger charge is -1.93. The molecule has 0 spiro atoms. The highest BCUT2D eigenvalue weighted by Gasteiger charge is 1.87. The lowest BCUT2D eigenvalue weighted by Crippen LogP contribution is -1.89. The van der Waals surface area contributed by atoms with E-state index in [9.17, 15) is 0 Å². The Hall–Kier alpha value is -0.960. The first kappa shape index (κ1) is 6.16. The second kappa shape index (κ2) is 3.14. The van der Waals surface area contributed by atoms with E-state index in [1.165, 1.54) is 6.33 Å². The Labute approximate surface area is 53.7 Å². The van der Waals surface area contributed by atoms with Crippen LogP contribution in [0.2, 0.25) is 0 Å². The third kappa shape index (κ3) is 1.77. The minimum absolute atomic E-state index is 0.447. The smallest absolute Gasteiger partial charge is 0.115 e. The van der Waals surface area contributed by atoms with E-state index in [4.69, 9.17) is 0 Å². The predicted octanol–water partition coefficient (Wildman–Crippen LogP) is 0.785. The molecule has 1 heterocycles. The molecule has 1 rings (SSSR count). The fourth-order valence-electron chi connectivity index (χ4n) is 0.508. The quantitative estimate of drug-likeness (QED) is 0.583. The van der Waals surface area contributed by atoms with E-state index in [1.807, 2.05) is 0 Å². The van der Waals surface area contributed by atoms with Gasteiger partial charge >= 0.3 is 0 Å². The van der Waals surface area contributed by atoms with E-state index in [1.54, 1.807) is 12.3 Å². The number of hydrogen-bond donors (Lipinski definition) is 0. The van der Waals surface area contributed by atoms with Crippen molar-refractivity contribution in [2.24, 2.45) is 0 Å². The van der Waals surface area contributed by atoms with Gasteiger partial charge in [0.15, 0.2) is 0 Å². The molecule has 1 aromatic heterocycles. The zero-order valence-electron chi connectivity index (χ0n) is 4.95. The van der Waals surface area contributed by atoms with Crippen molar-refractivity contribution in [2.75, 3.05) is 0 Å². The maximum absolute atomic E-state index is 4.59. The lowest BCUT2D eigenvalue weighted by atomic mass is 10.4. The van der Waals surface area contributed by atoms with Crippen molar-refractivity contribution in [2.45, 2.75) is 6.61 Å². The molecule has 0 saturated heterocycles. The standard InChI is InChI=1S/C6H7N2O/c1-9-4-6-2-3-7-5-8-6/h2-3,5H,1,4H2. The van der Waals surface area contributed by atoms with Crippen molar-refractivity contribution < 1.29 is 4.74 Å². The van der Waals surface area contributed by atoms with Gasteiger partial charge in [-0.3, -0.25) is 0 Å². The molecule has 0 fully saturated rings. The second-order valence-corrected chi connectivity index (χ2v) is 1.55. The number of ether oxygens (including phenoxy) is 1. The number of rotatable bonds is 2. The average Bonchev–Trinajstić information content (AvgIpc) is 1.91. The minimum atomic E-state index is 0.447. The van der Waals surface area contributed by atoms with Crippen molar-refractivity contribution in [1.82, 2.24) is 9.97 Å². The first-order valence-electron chi connectivity index (χ1n) is 2.55. The Bertz CT molecular complexity index is 164. The molecule has 0 aliphatic heterocycles. The molecule has 1 radical (unpaired) electrons. The highest BCUT2D eigenvalue weighted by molar-refractivity contribution is 4.95. The van der Waals surface area contributed by atoms with Crippen LogP contribution in [-0.4, -0.2) is 9.97 Å². The van der Waals surface area contributed by atoms with E-state index < -0.39 is 0 Å². The third-order valence-electron chi connectivity index (χ3n) is 0.893. The fourth-order valence-corrected chi connectivity index (χ4v) is 0.508. The van der Waals surface area contributed by atoms with E-state index in [0.29, 0.717) is 6.61 Å². The molecule has 0 aliphatic carbocycles. The largest absolute Gasteiger partial charge is 0.373 e. The summed E-state index contributed by atoms with van der Waals surface area (Å²) in [7, 11) is 3.22. The molecule has 0 bridgehead atoms. The molecule has 47 valence electrons. The van der Waals surface area contributed by atoms with Gasteiger partial charge in [-0.1, -0.05) is 0 Å². The summed E-state index contributed by atoms with van der Waals surface area (Å²) in [5.74, 6) is 0. The van der Waals surface area contributed by atoms with Gasteiger partial charge in [0.1, 0.15) is 6.33 Å². The molecule has 3 nitrogen and oxygen atoms in total. The van der Waals surface area contributed by atoms with Gasteiger partial charge in [-0.05, 0) is 6.07 Å². The van der Waals surface area contributed by atoms with Gasteiger partial charge < -0.3 is 4.74 Å². The molecule has 3 heteroatoms. The Balaban J connectivity index is 2.61. The maximum Gasteiger partial charge on any atom is 0.115 e. The molecular weight excluding hydrogens is 116 g/mol. The first-order valence-corrected chi connectivity index (χ1v) is 2.55. The van der Waals surface area contributed by atoms with Gasteiger partial charge in [-0.2, -0.15) is 0 Å². The van der Waals surface area contributed by atoms with Crippen molar-refractivity contribution in [1.29, 1.82) is 0 Å². The van der Waals surface area contributed by atoms with Crippen molar-refractivity contribution in [3.63, 3.8) is 0 Å². The Morgan fingerprint density at radius 2 is 2.56 bits per heavy atom. The fraction of sp³-hybridized carbons (Fsp3) is 0.167. The van der Waals surface area contributed by atoms with Crippen molar-refractivity contribution in [3.8, 4) is 0 Å². The molecule has 0 atom stereocenters. The van der Waals surface area contributed by atoms with Crippen molar-refractivity contribution in [3.05, 3.63) is 31.4 Å². The molecule has 0 unspecified atom stereocenters. The van der Waals surface area contributed by atoms with Crippen LogP contribution in [0, 0.1) is 7.11 Å². The van der Waals surface area contributed by atoms with Crippen LogP contribution in [0.1, 0.15) is 5.69 Å². The molecule has 9 heavy (non-hydrogen) atoms. The molecular formula is C6H7N2O. The van der Waals surface area contributed by atoms with Gasteiger partial charge in [0.25, 0.3) is 0 Å². The summed E-state index contributed by atoms with van der Waals surface area (Å²) in [4.78, 5) is 7.63. The molecule has 0 saturated carbocycles. The summed E-state index contributed by atoms with van der Waals surface area (Å²) in [5.41, 5.74) is 0.847. The summed E-state index contributed by atoms with van der Waals surface area (Å²) in [6.45, 7) is 0.447. The van der Waals surface area contributed by atoms with E-state index in [0.717, 1.165) is 5.69 Å². The topological polar surface area (TPSA) is 35.0 Å². The highest BCUT2D eigenvalue weighted by Crippen LogP contribution is 1.91. The molecule has 0 aliphatic rings. The minimum Gasteiger partial charge on any atom is -0.373 e. The Morgan fingerprint density at radius 1 is 1.67 bits per heavy atom. The summed E-state index contributed by atoms with van der Waals surface area (Å²) in [5, 5.41) is 0. The number of aromatic nitrogens is 2. The summed E-state index contributed by atoms with van der Waals surface area (Å²) in [6, 6.07) is 1.78. The average molecular weight is 123 g/mol. The highest BCUT2D eigenvalue weighted by atomic mass is 16.5. The van der Waals surface area contributed by atoms with Crippen LogP contribution >= 0.6 is 0 Å². The molecule has 0 N–H and O–H groups in total. The maximum atomic E-state index is 4.59. The number of nitrogens with zero attached hydrogens (tertiary/aromatic N) is 2. The zero-order chi connectivity index (χ0) is 6.53. The molecule has 0 amide bonds. The van der Waals surface area contributed by atoms with Crippen LogP contribution in [0.3, 0.4) is 0 Å². The van der Waals surface area contributed by atoms with E-state index in [2.05, 4.69) is 21.8 Å². The van der Waals surface area contributed by atoms with Gasteiger partial charge in [-0.25, -0.2) is 9.97 Å². The summed E-state index contributed by atoms with van der Waals surface area (Å²) in [6.07, 6.45) is 3.15. The van der Waals surface area contributed by atoms with Crippen LogP contribution in [0.5, 0.6) is 0 Å². The van der Waals surface area contributed by atoms with Crippen LogP contribution < -0.4 is 0 Å². The van der Waals surface area contributed by atoms with E-state index >= 15 is 0 Å². The zero-order valence-corrected chi connectivity index (χ0v) is 4.95. The van der Waals surface area contributed by atoms with Crippen LogP contribution in [-0.2, 0) is 11.3 Å².